The molecule has 0 aliphatic heterocycles. The molecule has 2 N–H and O–H groups in total. The average molecular weight is 739 g/mol. The number of aliphatic carboxylic acids is 1. The summed E-state index contributed by atoms with van der Waals surface area (Å²) in [5.41, 5.74) is 11.6. The van der Waals surface area contributed by atoms with Gasteiger partial charge in [-0.2, -0.15) is 10.5 Å². The van der Waals surface area contributed by atoms with E-state index in [1.165, 1.54) is 59.2 Å². The Morgan fingerprint density at radius 3 is 2.11 bits per heavy atom. The van der Waals surface area contributed by atoms with Gasteiger partial charge in [-0.05, 0) is 145 Å². The van der Waals surface area contributed by atoms with Crippen LogP contribution in [0.15, 0.2) is 84.9 Å². The van der Waals surface area contributed by atoms with Crippen molar-refractivity contribution in [2.24, 2.45) is 5.41 Å². The molecule has 0 unspecified atom stereocenters. The molecule has 0 saturated carbocycles. The lowest BCUT2D eigenvalue weighted by molar-refractivity contribution is -0.150. The number of hydrogen-bond donors (Lipinski definition) is 2. The molecule has 0 fully saturated rings. The number of carboxylic acids is 1. The summed E-state index contributed by atoms with van der Waals surface area (Å²) in [5, 5.41) is 38.9. The van der Waals surface area contributed by atoms with Crippen molar-refractivity contribution in [2.75, 3.05) is 6.61 Å². The summed E-state index contributed by atoms with van der Waals surface area (Å²) in [4.78, 5) is 11.9. The molecule has 6 rings (SSSR count). The highest BCUT2D eigenvalue weighted by Gasteiger charge is 2.32. The molecule has 1 aliphatic rings. The van der Waals surface area contributed by atoms with Crippen molar-refractivity contribution in [3.8, 4) is 45.9 Å². The molecule has 0 aromatic heterocycles. The first-order valence-electron chi connectivity index (χ1n) is 18.2. The van der Waals surface area contributed by atoms with Gasteiger partial charge in [-0.3, -0.25) is 4.79 Å². The molecule has 0 saturated heterocycles. The lowest BCUT2D eigenvalue weighted by Crippen LogP contribution is -2.32. The molecule has 8 heteroatoms. The molecule has 5 aromatic rings. The van der Waals surface area contributed by atoms with Crippen LogP contribution in [-0.4, -0.2) is 22.8 Å². The number of rotatable bonds is 13. The molecule has 7 nitrogen and oxygen atoms in total. The minimum atomic E-state index is -1.36. The van der Waals surface area contributed by atoms with Crippen LogP contribution in [-0.2, 0) is 37.3 Å². The lowest BCUT2D eigenvalue weighted by atomic mass is 9.85. The molecule has 0 bridgehead atoms. The number of carboxylic acid groups (broad SMARTS) is 1. The van der Waals surface area contributed by atoms with Crippen molar-refractivity contribution in [1.29, 1.82) is 10.5 Å². The summed E-state index contributed by atoms with van der Waals surface area (Å²) in [7, 11) is 0. The van der Waals surface area contributed by atoms with E-state index in [-0.39, 0.29) is 26.1 Å². The Morgan fingerprint density at radius 1 is 0.778 bits per heavy atom. The maximum absolute atomic E-state index is 11.9. The predicted molar refractivity (Wildman–Crippen MR) is 211 cm³/mol. The highest BCUT2D eigenvalue weighted by atomic mass is 35.5. The SMILES string of the molecule is Cc1c(COc2cc(OCc3cc(C#N)cc(C#N)c3)c(CC[C@@](C)(CO)C(=O)O)cc2Cl)cccc1-c1cccc(-c2ccc3c(c2)CCCC3)c1C. The van der Waals surface area contributed by atoms with Crippen LogP contribution in [0.2, 0.25) is 5.02 Å². The van der Waals surface area contributed by atoms with Crippen LogP contribution >= 0.6 is 11.6 Å². The molecule has 1 atom stereocenters. The number of benzene rings is 5. The van der Waals surface area contributed by atoms with Gasteiger partial charge in [-0.25, -0.2) is 0 Å². The number of nitrogens with zero attached hydrogens (tertiary/aromatic N) is 2. The van der Waals surface area contributed by atoms with Crippen LogP contribution < -0.4 is 9.47 Å². The van der Waals surface area contributed by atoms with E-state index in [1.54, 1.807) is 24.3 Å². The number of nitriles is 2. The van der Waals surface area contributed by atoms with Gasteiger partial charge in [0, 0.05) is 6.07 Å². The first-order chi connectivity index (χ1) is 26.0. The number of aliphatic hydroxyl groups is 1. The van der Waals surface area contributed by atoms with Gasteiger partial charge in [0.05, 0.1) is 40.3 Å². The molecular formula is C46H43ClN2O5. The summed E-state index contributed by atoms with van der Waals surface area (Å²) in [6.45, 7) is 5.53. The maximum Gasteiger partial charge on any atom is 0.311 e. The van der Waals surface area contributed by atoms with Crippen LogP contribution in [0, 0.1) is 41.9 Å². The van der Waals surface area contributed by atoms with E-state index in [4.69, 9.17) is 21.1 Å². The second-order valence-corrected chi connectivity index (χ2v) is 14.8. The zero-order chi connectivity index (χ0) is 38.4. The van der Waals surface area contributed by atoms with E-state index in [9.17, 15) is 25.5 Å². The zero-order valence-electron chi connectivity index (χ0n) is 30.8. The second-order valence-electron chi connectivity index (χ2n) is 14.4. The fourth-order valence-electron chi connectivity index (χ4n) is 7.17. The Morgan fingerprint density at radius 2 is 1.43 bits per heavy atom. The van der Waals surface area contributed by atoms with E-state index in [2.05, 4.69) is 68.5 Å². The van der Waals surface area contributed by atoms with Gasteiger partial charge >= 0.3 is 5.97 Å². The van der Waals surface area contributed by atoms with Crippen LogP contribution in [0.4, 0.5) is 0 Å². The minimum Gasteiger partial charge on any atom is -0.488 e. The van der Waals surface area contributed by atoms with E-state index in [1.807, 2.05) is 12.1 Å². The summed E-state index contributed by atoms with van der Waals surface area (Å²) in [5.74, 6) is -0.299. The van der Waals surface area contributed by atoms with E-state index >= 15 is 0 Å². The zero-order valence-corrected chi connectivity index (χ0v) is 31.6. The largest absolute Gasteiger partial charge is 0.488 e. The van der Waals surface area contributed by atoms with Crippen LogP contribution in [0.25, 0.3) is 22.3 Å². The Labute approximate surface area is 322 Å². The summed E-state index contributed by atoms with van der Waals surface area (Å²) < 4.78 is 12.6. The topological polar surface area (TPSA) is 124 Å². The number of aryl methyl sites for hydroxylation is 3. The average Bonchev–Trinajstić information content (AvgIpc) is 3.19. The monoisotopic (exact) mass is 738 g/mol. The quantitative estimate of drug-likeness (QED) is 0.123. The fourth-order valence-corrected chi connectivity index (χ4v) is 7.42. The minimum absolute atomic E-state index is 0.0412. The van der Waals surface area contributed by atoms with Gasteiger partial charge in [0.25, 0.3) is 0 Å². The van der Waals surface area contributed by atoms with E-state index < -0.39 is 18.0 Å². The summed E-state index contributed by atoms with van der Waals surface area (Å²) in [6, 6.07) is 32.0. The maximum atomic E-state index is 11.9. The number of carbonyl (C=O) groups is 1. The van der Waals surface area contributed by atoms with Gasteiger partial charge in [0.15, 0.2) is 0 Å². The van der Waals surface area contributed by atoms with E-state index in [0.29, 0.717) is 38.8 Å². The number of halogens is 1. The third-order valence-corrected chi connectivity index (χ3v) is 11.0. The third-order valence-electron chi connectivity index (χ3n) is 10.7. The molecule has 54 heavy (non-hydrogen) atoms. The molecule has 0 radical (unpaired) electrons. The van der Waals surface area contributed by atoms with Crippen LogP contribution in [0.5, 0.6) is 11.5 Å². The smallest absolute Gasteiger partial charge is 0.311 e. The molecule has 274 valence electrons. The van der Waals surface area contributed by atoms with E-state index in [0.717, 1.165) is 29.5 Å². The summed E-state index contributed by atoms with van der Waals surface area (Å²) >= 11 is 6.80. The highest BCUT2D eigenvalue weighted by molar-refractivity contribution is 6.32. The van der Waals surface area contributed by atoms with Crippen molar-refractivity contribution >= 4 is 17.6 Å². The Hall–Kier alpha value is -5.60. The van der Waals surface area contributed by atoms with Crippen LogP contribution in [0.1, 0.15) is 76.3 Å². The first kappa shape index (κ1) is 38.1. The lowest BCUT2D eigenvalue weighted by Gasteiger charge is -2.23. The van der Waals surface area contributed by atoms with Gasteiger partial charge < -0.3 is 19.7 Å². The van der Waals surface area contributed by atoms with Gasteiger partial charge in [0.2, 0.25) is 0 Å². The number of fused-ring (bicyclic) bond motifs is 1. The van der Waals surface area contributed by atoms with Gasteiger partial charge in [0.1, 0.15) is 24.7 Å². The molecule has 0 heterocycles. The van der Waals surface area contributed by atoms with Gasteiger partial charge in [-0.15, -0.1) is 0 Å². The highest BCUT2D eigenvalue weighted by Crippen LogP contribution is 2.39. The van der Waals surface area contributed by atoms with Crippen LogP contribution in [0.3, 0.4) is 0 Å². The standard InChI is InChI=1S/C46H43ClN2O5/c1-29-38(10-6-12-40(29)41-13-7-11-39(30(41)2)36-15-14-34-8-4-5-9-35(34)21-36)27-54-44-23-43(53-26-33-19-31(24-48)18-32(20-33)25-49)37(22-42(44)47)16-17-46(3,28-50)45(51)52/h6-7,10-15,18-23,50H,4-5,8-9,16-17,26-28H2,1-3H3,(H,51,52)/t46-/m0/s1. The second kappa shape index (κ2) is 16.6. The number of hydrogen-bond acceptors (Lipinski definition) is 6. The molecule has 0 amide bonds. The first-order valence-corrected chi connectivity index (χ1v) is 18.6. The number of ether oxygens (including phenoxy) is 2. The summed E-state index contributed by atoms with van der Waals surface area (Å²) in [6.07, 6.45) is 5.18. The molecule has 0 spiro atoms. The van der Waals surface area contributed by atoms with Crippen molar-refractivity contribution in [3.63, 3.8) is 0 Å². The predicted octanol–water partition coefficient (Wildman–Crippen LogP) is 10.1. The molecule has 1 aliphatic carbocycles. The van der Waals surface area contributed by atoms with Crippen molar-refractivity contribution in [2.45, 2.75) is 72.5 Å². The normalized spacial score (nSPS) is 13.2. The molecular weight excluding hydrogens is 696 g/mol. The van der Waals surface area contributed by atoms with Crippen molar-refractivity contribution in [1.82, 2.24) is 0 Å². The Bertz CT molecular complexity index is 2270. The van der Waals surface area contributed by atoms with Gasteiger partial charge in [-0.1, -0.05) is 66.2 Å². The third kappa shape index (κ3) is 8.29. The fraction of sp³-hybridized carbons (Fsp3) is 0.283. The Kier molecular flexibility index (Phi) is 11.7. The molecule has 5 aromatic carbocycles. The Balaban J connectivity index is 1.27. The van der Waals surface area contributed by atoms with Crippen molar-refractivity contribution in [3.05, 3.63) is 140 Å². The number of aliphatic hydroxyl groups excluding tert-OH is 1. The van der Waals surface area contributed by atoms with Crippen molar-refractivity contribution < 1.29 is 24.5 Å².